The highest BCUT2D eigenvalue weighted by Gasteiger charge is 2.12. The molecule has 0 radical (unpaired) electrons. The molecule has 0 aliphatic rings. The molecule has 2 aromatic carbocycles. The van der Waals surface area contributed by atoms with Gasteiger partial charge in [0.25, 0.3) is 0 Å². The van der Waals surface area contributed by atoms with Gasteiger partial charge in [0.05, 0.1) is 16.5 Å². The fraction of sp³-hybridized carbons (Fsp3) is 0.200. The number of carbonyl (C=O) groups is 2. The Kier molecular flexibility index (Phi) is 7.30. The molecule has 3 aromatic rings. The predicted molar refractivity (Wildman–Crippen MR) is 124 cm³/mol. The third kappa shape index (κ3) is 6.19. The van der Waals surface area contributed by atoms with E-state index in [1.54, 1.807) is 12.1 Å². The van der Waals surface area contributed by atoms with Gasteiger partial charge in [0, 0.05) is 18.3 Å². The minimum atomic E-state index is -0.165. The zero-order valence-electron chi connectivity index (χ0n) is 16.6. The molecule has 0 saturated carbocycles. The summed E-state index contributed by atoms with van der Waals surface area (Å²) in [5, 5.41) is 18.1. The molecule has 1 aromatic heterocycles. The van der Waals surface area contributed by atoms with Crippen LogP contribution in [0, 0.1) is 13.8 Å². The number of thioether (sulfide) groups is 1. The summed E-state index contributed by atoms with van der Waals surface area (Å²) in [5.41, 5.74) is 4.06. The molecular formula is C20H20ClN5O2S2. The van der Waals surface area contributed by atoms with E-state index in [1.807, 2.05) is 38.1 Å². The zero-order chi connectivity index (χ0) is 21.7. The monoisotopic (exact) mass is 461 g/mol. The summed E-state index contributed by atoms with van der Waals surface area (Å²) in [6.45, 7) is 5.32. The third-order valence-electron chi connectivity index (χ3n) is 3.86. The van der Waals surface area contributed by atoms with Crippen molar-refractivity contribution in [1.29, 1.82) is 0 Å². The first-order chi connectivity index (χ1) is 14.3. The number of aryl methyl sites for hydroxylation is 2. The SMILES string of the molecule is CC(=O)Nc1cccc(Nc2nnc(SCC(=O)Nc3c(C)cc(C)cc3Cl)s2)c1. The zero-order valence-corrected chi connectivity index (χ0v) is 19.0. The number of nitrogens with one attached hydrogen (secondary N) is 3. The van der Waals surface area contributed by atoms with Crippen molar-refractivity contribution in [2.75, 3.05) is 21.7 Å². The van der Waals surface area contributed by atoms with Crippen LogP contribution >= 0.6 is 34.7 Å². The number of anilines is 4. The highest BCUT2D eigenvalue weighted by atomic mass is 35.5. The molecule has 2 amide bonds. The van der Waals surface area contributed by atoms with Gasteiger partial charge in [0.1, 0.15) is 0 Å². The second-order valence-electron chi connectivity index (χ2n) is 6.54. The number of rotatable bonds is 7. The first kappa shape index (κ1) is 22.1. The molecule has 0 spiro atoms. The summed E-state index contributed by atoms with van der Waals surface area (Å²) in [6, 6.07) is 11.1. The molecule has 0 aliphatic heterocycles. The number of hydrogen-bond acceptors (Lipinski definition) is 7. The van der Waals surface area contributed by atoms with E-state index < -0.39 is 0 Å². The Labute approximate surface area is 187 Å². The highest BCUT2D eigenvalue weighted by molar-refractivity contribution is 8.01. The van der Waals surface area contributed by atoms with E-state index in [4.69, 9.17) is 11.6 Å². The molecule has 0 aliphatic carbocycles. The Hall–Kier alpha value is -2.62. The summed E-state index contributed by atoms with van der Waals surface area (Å²) < 4.78 is 0.664. The molecular weight excluding hydrogens is 442 g/mol. The smallest absolute Gasteiger partial charge is 0.234 e. The second kappa shape index (κ2) is 9.92. The molecule has 3 N–H and O–H groups in total. The van der Waals surface area contributed by atoms with Crippen molar-refractivity contribution in [2.45, 2.75) is 25.1 Å². The topological polar surface area (TPSA) is 96.0 Å². The lowest BCUT2D eigenvalue weighted by Crippen LogP contribution is -2.15. The molecule has 0 unspecified atom stereocenters. The Morgan fingerprint density at radius 3 is 2.60 bits per heavy atom. The van der Waals surface area contributed by atoms with E-state index in [1.165, 1.54) is 30.0 Å². The Balaban J connectivity index is 1.56. The molecule has 7 nitrogen and oxygen atoms in total. The molecule has 0 bridgehead atoms. The number of benzene rings is 2. The number of hydrogen-bond donors (Lipinski definition) is 3. The van der Waals surface area contributed by atoms with Crippen LogP contribution in [0.15, 0.2) is 40.7 Å². The van der Waals surface area contributed by atoms with Gasteiger partial charge in [-0.2, -0.15) is 0 Å². The highest BCUT2D eigenvalue weighted by Crippen LogP contribution is 2.30. The van der Waals surface area contributed by atoms with Crippen molar-refractivity contribution < 1.29 is 9.59 Å². The average Bonchev–Trinajstić information content (AvgIpc) is 3.10. The van der Waals surface area contributed by atoms with Gasteiger partial charge in [-0.25, -0.2) is 0 Å². The third-order valence-corrected chi connectivity index (χ3v) is 6.13. The molecule has 3 rings (SSSR count). The van der Waals surface area contributed by atoms with Gasteiger partial charge in [0.2, 0.25) is 16.9 Å². The van der Waals surface area contributed by atoms with Crippen molar-refractivity contribution in [1.82, 2.24) is 10.2 Å². The Morgan fingerprint density at radius 1 is 1.10 bits per heavy atom. The molecule has 0 fully saturated rings. The van der Waals surface area contributed by atoms with Crippen LogP contribution in [0.4, 0.5) is 22.2 Å². The number of nitrogens with zero attached hydrogens (tertiary/aromatic N) is 2. The van der Waals surface area contributed by atoms with Gasteiger partial charge in [-0.15, -0.1) is 10.2 Å². The normalized spacial score (nSPS) is 10.5. The number of carbonyl (C=O) groups excluding carboxylic acids is 2. The second-order valence-corrected chi connectivity index (χ2v) is 9.14. The van der Waals surface area contributed by atoms with Gasteiger partial charge in [-0.3, -0.25) is 9.59 Å². The van der Waals surface area contributed by atoms with Crippen molar-refractivity contribution in [3.63, 3.8) is 0 Å². The van der Waals surface area contributed by atoms with Crippen LogP contribution in [0.5, 0.6) is 0 Å². The van der Waals surface area contributed by atoms with Crippen molar-refractivity contribution in [3.8, 4) is 0 Å². The summed E-state index contributed by atoms with van der Waals surface area (Å²) >= 11 is 8.88. The lowest BCUT2D eigenvalue weighted by molar-refractivity contribution is -0.114. The van der Waals surface area contributed by atoms with Crippen molar-refractivity contribution in [2.24, 2.45) is 0 Å². The van der Waals surface area contributed by atoms with Crippen molar-refractivity contribution in [3.05, 3.63) is 52.5 Å². The van der Waals surface area contributed by atoms with Crippen LogP contribution in [0.25, 0.3) is 0 Å². The maximum atomic E-state index is 12.3. The minimum absolute atomic E-state index is 0.137. The Bertz CT molecular complexity index is 1060. The maximum absolute atomic E-state index is 12.3. The first-order valence-electron chi connectivity index (χ1n) is 8.98. The number of amides is 2. The lowest BCUT2D eigenvalue weighted by Gasteiger charge is -2.11. The predicted octanol–water partition coefficient (Wildman–Crippen LogP) is 5.24. The van der Waals surface area contributed by atoms with Gasteiger partial charge in [-0.05, 0) is 49.2 Å². The van der Waals surface area contributed by atoms with Gasteiger partial charge in [-0.1, -0.05) is 46.8 Å². The van der Waals surface area contributed by atoms with E-state index in [0.29, 0.717) is 25.9 Å². The Morgan fingerprint density at radius 2 is 1.87 bits per heavy atom. The molecule has 0 saturated heterocycles. The fourth-order valence-electron chi connectivity index (χ4n) is 2.70. The van der Waals surface area contributed by atoms with Gasteiger partial charge in [0.15, 0.2) is 4.34 Å². The maximum Gasteiger partial charge on any atom is 0.234 e. The van der Waals surface area contributed by atoms with Crippen LogP contribution in [0.1, 0.15) is 18.1 Å². The van der Waals surface area contributed by atoms with E-state index in [-0.39, 0.29) is 17.6 Å². The first-order valence-corrected chi connectivity index (χ1v) is 11.2. The summed E-state index contributed by atoms with van der Waals surface area (Å²) in [5.74, 6) is -0.111. The summed E-state index contributed by atoms with van der Waals surface area (Å²) in [6.07, 6.45) is 0. The van der Waals surface area contributed by atoms with Gasteiger partial charge < -0.3 is 16.0 Å². The van der Waals surface area contributed by atoms with Crippen LogP contribution in [0.2, 0.25) is 5.02 Å². The van der Waals surface area contributed by atoms with Gasteiger partial charge >= 0.3 is 0 Å². The average molecular weight is 462 g/mol. The van der Waals surface area contributed by atoms with E-state index in [0.717, 1.165) is 16.8 Å². The van der Waals surface area contributed by atoms with E-state index >= 15 is 0 Å². The standard InChI is InChI=1S/C20H20ClN5O2S2/c1-11-7-12(2)18(16(21)8-11)24-17(28)10-29-20-26-25-19(30-20)23-15-6-4-5-14(9-15)22-13(3)27/h4-9H,10H2,1-3H3,(H,22,27)(H,23,25)(H,24,28). The van der Waals surface area contributed by atoms with Crippen LogP contribution < -0.4 is 16.0 Å². The lowest BCUT2D eigenvalue weighted by atomic mass is 10.1. The molecule has 10 heteroatoms. The molecule has 0 atom stereocenters. The number of aromatic nitrogens is 2. The number of halogens is 1. The summed E-state index contributed by atoms with van der Waals surface area (Å²) in [7, 11) is 0. The quantitative estimate of drug-likeness (QED) is 0.416. The van der Waals surface area contributed by atoms with E-state index in [9.17, 15) is 9.59 Å². The van der Waals surface area contributed by atoms with Crippen LogP contribution in [-0.2, 0) is 9.59 Å². The molecule has 156 valence electrons. The fourth-order valence-corrected chi connectivity index (χ4v) is 4.64. The van der Waals surface area contributed by atoms with E-state index in [2.05, 4.69) is 26.1 Å². The van der Waals surface area contributed by atoms with Crippen LogP contribution in [0.3, 0.4) is 0 Å². The van der Waals surface area contributed by atoms with Crippen molar-refractivity contribution >= 4 is 68.7 Å². The summed E-state index contributed by atoms with van der Waals surface area (Å²) in [4.78, 5) is 23.5. The molecule has 30 heavy (non-hydrogen) atoms. The minimum Gasteiger partial charge on any atom is -0.330 e. The largest absolute Gasteiger partial charge is 0.330 e. The van der Waals surface area contributed by atoms with Crippen LogP contribution in [-0.4, -0.2) is 27.8 Å². The molecule has 1 heterocycles.